The van der Waals surface area contributed by atoms with Gasteiger partial charge in [-0.25, -0.2) is 0 Å². The van der Waals surface area contributed by atoms with Crippen molar-refractivity contribution in [1.82, 2.24) is 0 Å². The lowest BCUT2D eigenvalue weighted by Gasteiger charge is -2.12. The fourth-order valence-corrected chi connectivity index (χ4v) is 2.90. The maximum atomic E-state index is 12.7. The van der Waals surface area contributed by atoms with Crippen LogP contribution in [0.15, 0.2) is 72.8 Å². The third-order valence-electron chi connectivity index (χ3n) is 4.44. The van der Waals surface area contributed by atoms with Gasteiger partial charge in [-0.05, 0) is 42.8 Å². The molecule has 0 aromatic heterocycles. The number of ether oxygens (including phenoxy) is 2. The van der Waals surface area contributed by atoms with Gasteiger partial charge in [0.15, 0.2) is 5.78 Å². The lowest BCUT2D eigenvalue weighted by atomic mass is 10.1. The first-order valence-electron chi connectivity index (χ1n) is 9.28. The second kappa shape index (κ2) is 9.66. The summed E-state index contributed by atoms with van der Waals surface area (Å²) in [6.07, 6.45) is 0. The Labute approximate surface area is 170 Å². The lowest BCUT2D eigenvalue weighted by Crippen LogP contribution is -2.13. The fraction of sp³-hybridized carbons (Fsp3) is 0.167. The summed E-state index contributed by atoms with van der Waals surface area (Å²) in [7, 11) is 1.59. The third-order valence-corrected chi connectivity index (χ3v) is 4.44. The summed E-state index contributed by atoms with van der Waals surface area (Å²) in [6.45, 7) is 2.28. The van der Waals surface area contributed by atoms with Crippen LogP contribution in [0, 0.1) is 0 Å². The zero-order valence-corrected chi connectivity index (χ0v) is 16.5. The second-order valence-corrected chi connectivity index (χ2v) is 6.60. The van der Waals surface area contributed by atoms with Crippen molar-refractivity contribution in [2.75, 3.05) is 12.4 Å². The van der Waals surface area contributed by atoms with Crippen molar-refractivity contribution in [1.29, 1.82) is 0 Å². The van der Waals surface area contributed by atoms with Gasteiger partial charge in [-0.1, -0.05) is 42.5 Å². The Balaban J connectivity index is 1.70. The minimum atomic E-state index is -0.266. The topological polar surface area (TPSA) is 64.6 Å². The lowest BCUT2D eigenvalue weighted by molar-refractivity contribution is 0.100. The van der Waals surface area contributed by atoms with Crippen molar-refractivity contribution in [2.24, 2.45) is 0 Å². The van der Waals surface area contributed by atoms with Crippen LogP contribution in [0.4, 0.5) is 5.69 Å². The molecule has 3 aromatic carbocycles. The summed E-state index contributed by atoms with van der Waals surface area (Å²) in [4.78, 5) is 24.2. The summed E-state index contributed by atoms with van der Waals surface area (Å²) >= 11 is 0. The predicted octanol–water partition coefficient (Wildman–Crippen LogP) is 4.87. The molecule has 0 bridgehead atoms. The van der Waals surface area contributed by atoms with E-state index in [0.29, 0.717) is 35.8 Å². The SMILES string of the molecule is COc1ccc(C(=O)Nc2cccc(C(C)=O)c2)cc1COCc1ccccc1. The van der Waals surface area contributed by atoms with Crippen LogP contribution in [0.2, 0.25) is 0 Å². The molecule has 0 saturated heterocycles. The number of Topliss-reactive ketones (excluding diaryl/α,β-unsaturated/α-hetero) is 1. The van der Waals surface area contributed by atoms with Crippen molar-refractivity contribution in [3.05, 3.63) is 95.1 Å². The molecule has 0 aliphatic carbocycles. The highest BCUT2D eigenvalue weighted by Crippen LogP contribution is 2.22. The molecular weight excluding hydrogens is 366 g/mol. The number of benzene rings is 3. The molecule has 1 amide bonds. The van der Waals surface area contributed by atoms with Gasteiger partial charge < -0.3 is 14.8 Å². The Morgan fingerprint density at radius 1 is 0.862 bits per heavy atom. The Kier molecular flexibility index (Phi) is 6.76. The van der Waals surface area contributed by atoms with E-state index in [4.69, 9.17) is 9.47 Å². The van der Waals surface area contributed by atoms with Gasteiger partial charge in [0, 0.05) is 22.4 Å². The average molecular weight is 389 g/mol. The molecule has 1 N–H and O–H groups in total. The first-order valence-corrected chi connectivity index (χ1v) is 9.28. The van der Waals surface area contributed by atoms with Crippen LogP contribution in [0.1, 0.15) is 38.8 Å². The van der Waals surface area contributed by atoms with Gasteiger partial charge in [0.1, 0.15) is 5.75 Å². The van der Waals surface area contributed by atoms with E-state index in [1.54, 1.807) is 49.6 Å². The largest absolute Gasteiger partial charge is 0.496 e. The van der Waals surface area contributed by atoms with Gasteiger partial charge in [-0.3, -0.25) is 9.59 Å². The molecule has 5 heteroatoms. The molecule has 5 nitrogen and oxygen atoms in total. The highest BCUT2D eigenvalue weighted by atomic mass is 16.5. The van der Waals surface area contributed by atoms with E-state index < -0.39 is 0 Å². The molecule has 148 valence electrons. The number of methoxy groups -OCH3 is 1. The number of hydrogen-bond donors (Lipinski definition) is 1. The molecule has 29 heavy (non-hydrogen) atoms. The average Bonchev–Trinajstić information content (AvgIpc) is 2.74. The number of anilines is 1. The molecule has 0 saturated carbocycles. The van der Waals surface area contributed by atoms with E-state index in [-0.39, 0.29) is 11.7 Å². The maximum Gasteiger partial charge on any atom is 0.255 e. The van der Waals surface area contributed by atoms with Crippen molar-refractivity contribution in [3.63, 3.8) is 0 Å². The number of rotatable bonds is 8. The third kappa shape index (κ3) is 5.53. The van der Waals surface area contributed by atoms with Crippen molar-refractivity contribution >= 4 is 17.4 Å². The van der Waals surface area contributed by atoms with E-state index in [0.717, 1.165) is 11.1 Å². The van der Waals surface area contributed by atoms with Crippen LogP contribution in [-0.2, 0) is 18.0 Å². The normalized spacial score (nSPS) is 10.4. The second-order valence-electron chi connectivity index (χ2n) is 6.60. The van der Waals surface area contributed by atoms with Gasteiger partial charge in [0.2, 0.25) is 0 Å². The fourth-order valence-electron chi connectivity index (χ4n) is 2.90. The molecule has 0 aliphatic heterocycles. The number of amides is 1. The number of ketones is 1. The zero-order valence-electron chi connectivity index (χ0n) is 16.5. The molecular formula is C24H23NO4. The number of hydrogen-bond acceptors (Lipinski definition) is 4. The van der Waals surface area contributed by atoms with Crippen molar-refractivity contribution in [2.45, 2.75) is 20.1 Å². The van der Waals surface area contributed by atoms with Crippen LogP contribution in [0.5, 0.6) is 5.75 Å². The molecule has 0 unspecified atom stereocenters. The Morgan fingerprint density at radius 3 is 2.38 bits per heavy atom. The smallest absolute Gasteiger partial charge is 0.255 e. The molecule has 0 radical (unpaired) electrons. The van der Waals surface area contributed by atoms with E-state index in [1.807, 2.05) is 30.3 Å². The zero-order chi connectivity index (χ0) is 20.6. The quantitative estimate of drug-likeness (QED) is 0.559. The van der Waals surface area contributed by atoms with E-state index in [9.17, 15) is 9.59 Å². The summed E-state index contributed by atoms with van der Waals surface area (Å²) in [5.41, 5.74) is 3.46. The monoisotopic (exact) mass is 389 g/mol. The van der Waals surface area contributed by atoms with E-state index in [1.165, 1.54) is 6.92 Å². The molecule has 0 fully saturated rings. The molecule has 3 rings (SSSR count). The summed E-state index contributed by atoms with van der Waals surface area (Å²) in [5.74, 6) is 0.342. The van der Waals surface area contributed by atoms with E-state index >= 15 is 0 Å². The van der Waals surface area contributed by atoms with Gasteiger partial charge in [0.05, 0.1) is 20.3 Å². The molecule has 0 aliphatic rings. The Bertz CT molecular complexity index is 999. The highest BCUT2D eigenvalue weighted by molar-refractivity contribution is 6.05. The Morgan fingerprint density at radius 2 is 1.66 bits per heavy atom. The van der Waals surface area contributed by atoms with Gasteiger partial charge in [-0.2, -0.15) is 0 Å². The number of nitrogens with one attached hydrogen (secondary N) is 1. The number of carbonyl (C=O) groups excluding carboxylic acids is 2. The molecule has 0 heterocycles. The molecule has 0 atom stereocenters. The Hall–Kier alpha value is -3.44. The summed E-state index contributed by atoms with van der Waals surface area (Å²) in [6, 6.07) is 22.0. The summed E-state index contributed by atoms with van der Waals surface area (Å²) in [5, 5.41) is 2.83. The van der Waals surface area contributed by atoms with Crippen LogP contribution in [0.25, 0.3) is 0 Å². The van der Waals surface area contributed by atoms with Crippen LogP contribution in [-0.4, -0.2) is 18.8 Å². The van der Waals surface area contributed by atoms with Crippen LogP contribution >= 0.6 is 0 Å². The van der Waals surface area contributed by atoms with Crippen LogP contribution < -0.4 is 10.1 Å². The van der Waals surface area contributed by atoms with Crippen molar-refractivity contribution < 1.29 is 19.1 Å². The first kappa shape index (κ1) is 20.3. The predicted molar refractivity (Wildman–Crippen MR) is 112 cm³/mol. The highest BCUT2D eigenvalue weighted by Gasteiger charge is 2.12. The standard InChI is InChI=1S/C24H23NO4/c1-17(26)19-9-6-10-22(14-19)25-24(27)20-11-12-23(28-2)21(13-20)16-29-15-18-7-4-3-5-8-18/h3-14H,15-16H2,1-2H3,(H,25,27). The molecule has 3 aromatic rings. The first-order chi connectivity index (χ1) is 14.1. The van der Waals surface area contributed by atoms with Crippen molar-refractivity contribution in [3.8, 4) is 5.75 Å². The van der Waals surface area contributed by atoms with Gasteiger partial charge in [0.25, 0.3) is 5.91 Å². The summed E-state index contributed by atoms with van der Waals surface area (Å²) < 4.78 is 11.2. The minimum absolute atomic E-state index is 0.0524. The minimum Gasteiger partial charge on any atom is -0.496 e. The van der Waals surface area contributed by atoms with E-state index in [2.05, 4.69) is 5.32 Å². The van der Waals surface area contributed by atoms with Crippen LogP contribution in [0.3, 0.4) is 0 Å². The maximum absolute atomic E-state index is 12.7. The number of carbonyl (C=O) groups is 2. The van der Waals surface area contributed by atoms with Gasteiger partial charge in [-0.15, -0.1) is 0 Å². The van der Waals surface area contributed by atoms with Gasteiger partial charge >= 0.3 is 0 Å². The molecule has 0 spiro atoms.